The molecule has 0 saturated carbocycles. The van der Waals surface area contributed by atoms with Crippen molar-refractivity contribution in [3.63, 3.8) is 0 Å². The summed E-state index contributed by atoms with van der Waals surface area (Å²) in [5.74, 6) is 0.830. The number of benzene rings is 1. The summed E-state index contributed by atoms with van der Waals surface area (Å²) in [6.07, 6.45) is 5.65. The molecule has 132 valence electrons. The van der Waals surface area contributed by atoms with Crippen molar-refractivity contribution in [1.29, 1.82) is 0 Å². The Hall–Kier alpha value is -0.756. The molecular weight excluding hydrogens is 346 g/mol. The number of hydrogen-bond donors (Lipinski definition) is 0. The summed E-state index contributed by atoms with van der Waals surface area (Å²) in [5, 5.41) is 0.646. The number of rotatable bonds is 5. The van der Waals surface area contributed by atoms with Gasteiger partial charge >= 0.3 is 0 Å². The first-order valence-corrected chi connectivity index (χ1v) is 16.1. The van der Waals surface area contributed by atoms with Gasteiger partial charge in [-0.1, -0.05) is 63.6 Å². The smallest absolute Gasteiger partial charge is 0.193 e. The van der Waals surface area contributed by atoms with Crippen LogP contribution in [0.1, 0.15) is 19.3 Å². The highest BCUT2D eigenvalue weighted by Gasteiger charge is 2.39. The van der Waals surface area contributed by atoms with Crippen LogP contribution in [0.2, 0.25) is 39.3 Å². The molecule has 0 bridgehead atoms. The highest BCUT2D eigenvalue weighted by molar-refractivity contribution is 7.80. The number of nitrogens with zero attached hydrogens (tertiary/aromatic N) is 1. The third-order valence-electron chi connectivity index (χ3n) is 4.41. The summed E-state index contributed by atoms with van der Waals surface area (Å²) < 4.78 is 8.78. The Balaban J connectivity index is 2.06. The van der Waals surface area contributed by atoms with Crippen molar-refractivity contribution in [2.75, 3.05) is 0 Å². The molecule has 0 radical (unpaired) electrons. The summed E-state index contributed by atoms with van der Waals surface area (Å²) in [5.41, 5.74) is 1.20. The maximum absolute atomic E-state index is 5.85. The third kappa shape index (κ3) is 5.12. The lowest BCUT2D eigenvalue weighted by Gasteiger charge is -2.49. The maximum Gasteiger partial charge on any atom is 0.193 e. The van der Waals surface area contributed by atoms with Crippen molar-refractivity contribution in [2.24, 2.45) is 0 Å². The van der Waals surface area contributed by atoms with E-state index in [-0.39, 0.29) is 0 Å². The Morgan fingerprint density at radius 1 is 1.04 bits per heavy atom. The van der Waals surface area contributed by atoms with E-state index in [9.17, 15) is 0 Å². The molecular formula is C19H31NOSSi2. The van der Waals surface area contributed by atoms with E-state index >= 15 is 0 Å². The summed E-state index contributed by atoms with van der Waals surface area (Å²) in [6.45, 7) is 14.9. The molecule has 1 unspecified atom stereocenters. The fourth-order valence-electron chi connectivity index (χ4n) is 4.00. The van der Waals surface area contributed by atoms with Crippen LogP contribution in [-0.4, -0.2) is 31.8 Å². The van der Waals surface area contributed by atoms with Gasteiger partial charge < -0.3 is 8.97 Å². The predicted octanol–water partition coefficient (Wildman–Crippen LogP) is 5.84. The van der Waals surface area contributed by atoms with Crippen LogP contribution in [0, 0.1) is 0 Å². The van der Waals surface area contributed by atoms with Gasteiger partial charge in [0.15, 0.2) is 5.05 Å². The minimum atomic E-state index is -1.32. The van der Waals surface area contributed by atoms with E-state index in [2.05, 4.69) is 49.6 Å². The standard InChI is InChI=1S/C19H31NOSSi2/c1-23(2,3)20(24(4,5)6)17-14-12-16(13-15-17)19(22)21-18-10-8-7-9-11-18/h7-12,17H,13-15H2,1-6H3. The molecule has 2 nitrogen and oxygen atoms in total. The van der Waals surface area contributed by atoms with E-state index in [1.165, 1.54) is 12.0 Å². The molecule has 2 rings (SSSR count). The second-order valence-corrected chi connectivity index (χ2v) is 19.0. The average Bonchev–Trinajstić information content (AvgIpc) is 2.46. The Morgan fingerprint density at radius 3 is 2.08 bits per heavy atom. The Morgan fingerprint density at radius 2 is 1.62 bits per heavy atom. The van der Waals surface area contributed by atoms with Crippen LogP contribution in [0.25, 0.3) is 0 Å². The molecule has 0 aromatic heterocycles. The lowest BCUT2D eigenvalue weighted by molar-refractivity contribution is 0.402. The molecule has 0 aliphatic heterocycles. The second-order valence-electron chi connectivity index (χ2n) is 8.57. The van der Waals surface area contributed by atoms with Gasteiger partial charge in [-0.3, -0.25) is 0 Å². The first-order chi connectivity index (χ1) is 11.1. The van der Waals surface area contributed by atoms with Crippen LogP contribution in [0.3, 0.4) is 0 Å². The van der Waals surface area contributed by atoms with Gasteiger partial charge in [0, 0.05) is 11.6 Å². The minimum absolute atomic E-state index is 0.646. The Kier molecular flexibility index (Phi) is 6.23. The van der Waals surface area contributed by atoms with Gasteiger partial charge in [-0.25, -0.2) is 0 Å². The molecule has 0 saturated heterocycles. The zero-order chi connectivity index (χ0) is 18.0. The zero-order valence-corrected chi connectivity index (χ0v) is 18.7. The molecule has 0 N–H and O–H groups in total. The largest absolute Gasteiger partial charge is 0.446 e. The Bertz CT molecular complexity index is 588. The van der Waals surface area contributed by atoms with Crippen molar-refractivity contribution < 1.29 is 4.74 Å². The van der Waals surface area contributed by atoms with E-state index < -0.39 is 16.5 Å². The van der Waals surface area contributed by atoms with Crippen molar-refractivity contribution in [3.05, 3.63) is 42.0 Å². The molecule has 0 amide bonds. The molecule has 0 heterocycles. The number of hydrogen-bond acceptors (Lipinski definition) is 3. The van der Waals surface area contributed by atoms with Crippen LogP contribution in [0.5, 0.6) is 5.75 Å². The molecule has 5 heteroatoms. The van der Waals surface area contributed by atoms with Crippen LogP contribution in [0.4, 0.5) is 0 Å². The predicted molar refractivity (Wildman–Crippen MR) is 114 cm³/mol. The molecule has 1 aliphatic carbocycles. The molecule has 1 aromatic rings. The van der Waals surface area contributed by atoms with Crippen LogP contribution < -0.4 is 4.74 Å². The number of para-hydroxylation sites is 1. The van der Waals surface area contributed by atoms with E-state index in [1.807, 2.05) is 30.3 Å². The summed E-state index contributed by atoms with van der Waals surface area (Å²) >= 11 is 5.52. The monoisotopic (exact) mass is 377 g/mol. The first kappa shape index (κ1) is 19.6. The zero-order valence-electron chi connectivity index (χ0n) is 15.9. The highest BCUT2D eigenvalue weighted by Crippen LogP contribution is 2.31. The molecule has 1 aromatic carbocycles. The summed E-state index contributed by atoms with van der Waals surface area (Å²) in [4.78, 5) is 0. The van der Waals surface area contributed by atoms with Crippen LogP contribution in [0.15, 0.2) is 42.0 Å². The van der Waals surface area contributed by atoms with Gasteiger partial charge in [-0.2, -0.15) is 0 Å². The van der Waals surface area contributed by atoms with Gasteiger partial charge in [-0.05, 0) is 43.6 Å². The maximum atomic E-state index is 5.85. The topological polar surface area (TPSA) is 12.5 Å². The van der Waals surface area contributed by atoms with Gasteiger partial charge in [0.1, 0.15) is 22.2 Å². The molecule has 1 aliphatic rings. The second kappa shape index (κ2) is 7.64. The van der Waals surface area contributed by atoms with Crippen molar-refractivity contribution in [2.45, 2.75) is 64.6 Å². The lowest BCUT2D eigenvalue weighted by atomic mass is 9.96. The van der Waals surface area contributed by atoms with Crippen LogP contribution in [-0.2, 0) is 0 Å². The third-order valence-corrected chi connectivity index (χ3v) is 12.4. The van der Waals surface area contributed by atoms with Gasteiger partial charge in [-0.15, -0.1) is 0 Å². The van der Waals surface area contributed by atoms with E-state index in [0.29, 0.717) is 11.1 Å². The van der Waals surface area contributed by atoms with Crippen molar-refractivity contribution in [3.8, 4) is 5.75 Å². The fraction of sp³-hybridized carbons (Fsp3) is 0.526. The van der Waals surface area contributed by atoms with E-state index in [0.717, 1.165) is 18.6 Å². The Labute approximate surface area is 155 Å². The quantitative estimate of drug-likeness (QED) is 0.472. The van der Waals surface area contributed by atoms with Gasteiger partial charge in [0.2, 0.25) is 0 Å². The normalized spacial score (nSPS) is 19.1. The van der Waals surface area contributed by atoms with Gasteiger partial charge in [0.05, 0.1) is 0 Å². The SMILES string of the molecule is C[Si](C)(C)N(C1CC=C(C(=S)Oc2ccccc2)CC1)[Si](C)(C)C. The van der Waals surface area contributed by atoms with E-state index in [4.69, 9.17) is 17.0 Å². The number of ether oxygens (including phenoxy) is 1. The first-order valence-electron chi connectivity index (χ1n) is 8.85. The summed E-state index contributed by atoms with van der Waals surface area (Å²) in [6, 6.07) is 10.5. The van der Waals surface area contributed by atoms with Crippen LogP contribution >= 0.6 is 12.2 Å². The molecule has 24 heavy (non-hydrogen) atoms. The van der Waals surface area contributed by atoms with Crippen molar-refractivity contribution >= 4 is 33.7 Å². The number of thiocarbonyl (C=S) groups is 1. The average molecular weight is 378 g/mol. The highest BCUT2D eigenvalue weighted by atomic mass is 32.1. The van der Waals surface area contributed by atoms with Gasteiger partial charge in [0.25, 0.3) is 0 Å². The van der Waals surface area contributed by atoms with Crippen molar-refractivity contribution in [1.82, 2.24) is 4.23 Å². The molecule has 0 fully saturated rings. The molecule has 1 atom stereocenters. The summed E-state index contributed by atoms with van der Waals surface area (Å²) in [7, 11) is -2.64. The molecule has 0 spiro atoms. The minimum Gasteiger partial charge on any atom is -0.446 e. The van der Waals surface area contributed by atoms with E-state index in [1.54, 1.807) is 0 Å². The fourth-order valence-corrected chi connectivity index (χ4v) is 15.0. The lowest BCUT2D eigenvalue weighted by Crippen LogP contribution is -2.63.